The topological polar surface area (TPSA) is 199 Å². The van der Waals surface area contributed by atoms with E-state index in [4.69, 9.17) is 16.6 Å². The van der Waals surface area contributed by atoms with Crippen molar-refractivity contribution in [2.75, 3.05) is 13.1 Å². The Morgan fingerprint density at radius 3 is 1.13 bits per heavy atom. The Hall–Kier alpha value is -8.71. The van der Waals surface area contributed by atoms with Gasteiger partial charge in [0.15, 0.2) is 11.6 Å². The van der Waals surface area contributed by atoms with Gasteiger partial charge in [0.25, 0.3) is 0 Å². The smallest absolute Gasteiger partial charge is 0.444 e. The second kappa shape index (κ2) is 34.5. The fraction of sp³-hybridized carbons (Fsp3) is 0.292. The third kappa shape index (κ3) is 25.7. The molecule has 0 bridgehead atoms. The van der Waals surface area contributed by atoms with Crippen LogP contribution in [-0.4, -0.2) is 88.5 Å². The lowest BCUT2D eigenvalue weighted by atomic mass is 10.0. The number of carbonyl (C=O) groups excluding carboxylic acids is 4. The summed E-state index contributed by atoms with van der Waals surface area (Å²) in [6.45, 7) is 12.8. The van der Waals surface area contributed by atoms with Gasteiger partial charge in [-0.1, -0.05) is 86.6 Å². The number of benzene rings is 2. The average molecular weight is 1130 g/mol. The largest absolute Gasteiger partial charge is 0.446 e. The highest BCUT2D eigenvalue weighted by atomic mass is 19.4. The zero-order valence-electron chi connectivity index (χ0n) is 48.4. The van der Waals surface area contributed by atoms with Gasteiger partial charge < -0.3 is 15.8 Å². The van der Waals surface area contributed by atoms with E-state index in [1.165, 1.54) is 5.56 Å². The van der Waals surface area contributed by atoms with Gasteiger partial charge in [-0.3, -0.25) is 54.1 Å². The lowest BCUT2D eigenvalue weighted by Gasteiger charge is -2.21. The Morgan fingerprint density at radius 1 is 0.530 bits per heavy atom. The molecule has 0 saturated carbocycles. The summed E-state index contributed by atoms with van der Waals surface area (Å²) in [6.07, 6.45) is 6.59. The van der Waals surface area contributed by atoms with Gasteiger partial charge in [0, 0.05) is 108 Å². The van der Waals surface area contributed by atoms with Crippen molar-refractivity contribution in [1.82, 2.24) is 45.0 Å². The number of Topliss-reactive ketones (excluding diaryl/α,β-unsaturated/α-hetero) is 2. The van der Waals surface area contributed by atoms with Gasteiger partial charge in [-0.2, -0.15) is 13.2 Å². The van der Waals surface area contributed by atoms with Crippen LogP contribution in [-0.2, 0) is 74.5 Å². The van der Waals surface area contributed by atoms with Crippen molar-refractivity contribution in [2.24, 2.45) is 5.73 Å². The number of nitrogens with one attached hydrogen (secondary N) is 1. The SMILES string of the molecule is CC(C)(C)OC(=O)NCCc1ccc(CC(=O)c2ccc(CN(Cc3ccccn3)Cc3ccccn3)nc2)cc1.NCCc1ccc(CC(=O)c2ccc(CN(Cc3ccccn3)Cc3ccccn3)nc2)cc1.O=CC(F)(F)F.[2H]CC. The number of alkyl halides is 3. The Bertz CT molecular complexity index is 3080. The van der Waals surface area contributed by atoms with Crippen molar-refractivity contribution in [1.29, 1.82) is 0 Å². The van der Waals surface area contributed by atoms with Crippen LogP contribution in [0.5, 0.6) is 0 Å². The van der Waals surface area contributed by atoms with Gasteiger partial charge >= 0.3 is 12.3 Å². The van der Waals surface area contributed by atoms with Gasteiger partial charge in [0.05, 0.1) is 34.2 Å². The number of ether oxygens (including phenoxy) is 1. The van der Waals surface area contributed by atoms with E-state index in [1.54, 1.807) is 44.1 Å². The molecule has 8 aromatic rings. The summed E-state index contributed by atoms with van der Waals surface area (Å²) < 4.78 is 42.7. The van der Waals surface area contributed by atoms with Crippen LogP contribution in [0.25, 0.3) is 0 Å². The monoisotopic (exact) mass is 1130 g/mol. The maximum atomic E-state index is 12.9. The number of carbonyl (C=O) groups is 4. The summed E-state index contributed by atoms with van der Waals surface area (Å²) in [5.41, 5.74) is 16.2. The van der Waals surface area contributed by atoms with Crippen LogP contribution < -0.4 is 11.1 Å². The normalized spacial score (nSPS) is 11.1. The number of aromatic nitrogens is 6. The van der Waals surface area contributed by atoms with Crippen molar-refractivity contribution in [2.45, 2.75) is 111 Å². The van der Waals surface area contributed by atoms with Gasteiger partial charge in [-0.25, -0.2) is 4.79 Å². The fourth-order valence-corrected chi connectivity index (χ4v) is 8.05. The number of ketones is 2. The maximum absolute atomic E-state index is 12.9. The van der Waals surface area contributed by atoms with E-state index in [2.05, 4.69) is 45.0 Å². The number of pyridine rings is 6. The number of hydrogen-bond donors (Lipinski definition) is 2. The van der Waals surface area contributed by atoms with Crippen molar-refractivity contribution >= 4 is 23.9 Å². The number of amides is 1. The molecule has 0 aliphatic carbocycles. The number of hydrogen-bond acceptors (Lipinski definition) is 14. The molecule has 0 radical (unpaired) electrons. The van der Waals surface area contributed by atoms with E-state index in [9.17, 15) is 27.6 Å². The van der Waals surface area contributed by atoms with Gasteiger partial charge in [0.1, 0.15) is 5.60 Å². The van der Waals surface area contributed by atoms with Crippen LogP contribution in [0.15, 0.2) is 183 Å². The Labute approximate surface area is 486 Å². The molecule has 0 unspecified atom stereocenters. The molecule has 2 aromatic carbocycles. The summed E-state index contributed by atoms with van der Waals surface area (Å²) in [6, 6.07) is 47.2. The zero-order chi connectivity index (χ0) is 60.6. The van der Waals surface area contributed by atoms with Crippen LogP contribution in [0.2, 0.25) is 0 Å². The number of halogens is 3. The number of nitrogens with two attached hydrogens (primary N) is 1. The van der Waals surface area contributed by atoms with E-state index >= 15 is 0 Å². The van der Waals surface area contributed by atoms with E-state index in [-0.39, 0.29) is 11.6 Å². The molecular weight excluding hydrogens is 1060 g/mol. The number of nitrogens with zero attached hydrogens (tertiary/aromatic N) is 8. The molecule has 0 atom stereocenters. The first kappa shape index (κ1) is 63.5. The van der Waals surface area contributed by atoms with Crippen LogP contribution in [0, 0.1) is 0 Å². The van der Waals surface area contributed by atoms with Gasteiger partial charge in [0.2, 0.25) is 6.29 Å². The number of aldehydes is 1. The minimum Gasteiger partial charge on any atom is -0.444 e. The van der Waals surface area contributed by atoms with Crippen molar-refractivity contribution in [3.63, 3.8) is 0 Å². The van der Waals surface area contributed by atoms with E-state index in [0.29, 0.717) is 89.6 Å². The minimum atomic E-state index is -4.64. The summed E-state index contributed by atoms with van der Waals surface area (Å²) in [7, 11) is 0. The highest BCUT2D eigenvalue weighted by molar-refractivity contribution is 5.97. The van der Waals surface area contributed by atoms with Gasteiger partial charge in [-0.15, -0.1) is 0 Å². The standard InChI is InChI=1S/C33H37N5O3.C28H29N5O.C2HF3O.C2H6/c1-33(2,3)41-32(40)36-19-16-25-10-12-26(13-11-25)20-31(39)27-14-15-30(37-21-27)24-38(22-28-8-4-6-17-34-28)23-29-9-5-7-18-35-29;29-14-13-22-7-9-23(10-8-22)17-28(34)24-11-12-27(32-18-24)21-33(19-25-5-1-3-15-30-25)20-26-6-2-4-16-31-26;3-2(4,5)1-6;1-2/h4-15,17-18,21H,16,19-20,22-24H2,1-3H3,(H,36,40);1-12,15-16,18H,13-14,17,19-21,29H2;1H;1-2H3/i;;;1D. The molecule has 0 saturated heterocycles. The predicted molar refractivity (Wildman–Crippen MR) is 314 cm³/mol. The van der Waals surface area contributed by atoms with Crippen molar-refractivity contribution in [3.05, 3.63) is 250 Å². The molecule has 6 aromatic heterocycles. The number of alkyl carbamates (subject to hydrolysis) is 1. The molecule has 1 amide bonds. The third-order valence-corrected chi connectivity index (χ3v) is 11.9. The zero-order valence-corrected chi connectivity index (χ0v) is 47.4. The Kier molecular flexibility index (Phi) is 26.4. The summed E-state index contributed by atoms with van der Waals surface area (Å²) in [4.78, 5) is 77.7. The molecular formula is C65H73F3N10O5. The quantitative estimate of drug-likeness (QED) is 0.0453. The molecule has 434 valence electrons. The lowest BCUT2D eigenvalue weighted by molar-refractivity contribution is -0.156. The van der Waals surface area contributed by atoms with Gasteiger partial charge in [-0.05, 0) is 135 Å². The molecule has 18 heteroatoms. The van der Waals surface area contributed by atoms with Crippen LogP contribution in [0.4, 0.5) is 18.0 Å². The first-order valence-corrected chi connectivity index (χ1v) is 27.1. The van der Waals surface area contributed by atoms with Crippen LogP contribution >= 0.6 is 0 Å². The highest BCUT2D eigenvalue weighted by Crippen LogP contribution is 2.17. The van der Waals surface area contributed by atoms with E-state index < -0.39 is 24.2 Å². The molecule has 6 heterocycles. The highest BCUT2D eigenvalue weighted by Gasteiger charge is 2.25. The molecule has 3 N–H and O–H groups in total. The first-order chi connectivity index (χ1) is 40.4. The second-order valence-electron chi connectivity index (χ2n) is 19.9. The van der Waals surface area contributed by atoms with E-state index in [1.807, 2.05) is 166 Å². The van der Waals surface area contributed by atoms with Crippen LogP contribution in [0.3, 0.4) is 0 Å². The second-order valence-corrected chi connectivity index (χ2v) is 19.9. The average Bonchev–Trinajstić information content (AvgIpc) is 3.54. The summed E-state index contributed by atoms with van der Waals surface area (Å²) in [5, 5.41) is 2.76. The van der Waals surface area contributed by atoms with Crippen LogP contribution in [0.1, 0.15) is 113 Å². The molecule has 0 spiro atoms. The third-order valence-electron chi connectivity index (χ3n) is 11.9. The summed E-state index contributed by atoms with van der Waals surface area (Å²) >= 11 is 0. The molecule has 0 aliphatic heterocycles. The lowest BCUT2D eigenvalue weighted by Crippen LogP contribution is -2.33. The Balaban J connectivity index is 0.000000272. The number of rotatable bonds is 23. The molecule has 0 aliphatic rings. The fourth-order valence-electron chi connectivity index (χ4n) is 8.05. The molecule has 8 rings (SSSR count). The molecule has 0 fully saturated rings. The van der Waals surface area contributed by atoms with E-state index in [0.717, 1.165) is 57.3 Å². The first-order valence-electron chi connectivity index (χ1n) is 27.8. The molecule has 83 heavy (non-hydrogen) atoms. The minimum absolute atomic E-state index is 0.0159. The predicted octanol–water partition coefficient (Wildman–Crippen LogP) is 11.3. The summed E-state index contributed by atoms with van der Waals surface area (Å²) in [5.74, 6) is 0.0756. The Morgan fingerprint density at radius 2 is 0.855 bits per heavy atom. The van der Waals surface area contributed by atoms with Crippen molar-refractivity contribution in [3.8, 4) is 0 Å². The van der Waals surface area contributed by atoms with Crippen molar-refractivity contribution < 1.29 is 38.5 Å². The molecule has 15 nitrogen and oxygen atoms in total. The maximum Gasteiger partial charge on any atom is 0.446 e.